The van der Waals surface area contributed by atoms with Crippen LogP contribution in [-0.2, 0) is 0 Å². The fraction of sp³-hybridized carbons (Fsp3) is 0.0588. The Labute approximate surface area is 149 Å². The second-order valence-electron chi connectivity index (χ2n) is 4.97. The Bertz CT molecular complexity index is 869. The van der Waals surface area contributed by atoms with Crippen molar-refractivity contribution in [3.63, 3.8) is 0 Å². The lowest BCUT2D eigenvalue weighted by atomic mass is 10.1. The topological polar surface area (TPSA) is 73.1 Å². The van der Waals surface area contributed by atoms with E-state index in [9.17, 15) is 0 Å². The molecule has 3 aromatic rings. The second kappa shape index (κ2) is 6.95. The van der Waals surface area contributed by atoms with Gasteiger partial charge in [0.25, 0.3) is 0 Å². The highest BCUT2D eigenvalue weighted by Crippen LogP contribution is 2.33. The third kappa shape index (κ3) is 3.69. The Morgan fingerprint density at radius 1 is 0.958 bits per heavy atom. The number of nitrogens with zero attached hydrogens (tertiary/aromatic N) is 2. The van der Waals surface area contributed by atoms with Gasteiger partial charge in [0.1, 0.15) is 11.6 Å². The molecule has 0 atom stereocenters. The molecule has 0 unspecified atom stereocenters. The molecule has 0 saturated carbocycles. The predicted molar refractivity (Wildman–Crippen MR) is 98.2 cm³/mol. The van der Waals surface area contributed by atoms with Crippen LogP contribution in [0.5, 0.6) is 5.75 Å². The normalized spacial score (nSPS) is 10.5. The lowest BCUT2D eigenvalue weighted by Gasteiger charge is -2.11. The van der Waals surface area contributed by atoms with Crippen molar-refractivity contribution in [1.82, 2.24) is 9.97 Å². The minimum Gasteiger partial charge on any atom is -0.496 e. The van der Waals surface area contributed by atoms with Gasteiger partial charge in [-0.3, -0.25) is 0 Å². The molecule has 0 aliphatic rings. The summed E-state index contributed by atoms with van der Waals surface area (Å²) in [7, 11) is 1.59. The van der Waals surface area contributed by atoms with Gasteiger partial charge in [0, 0.05) is 27.4 Å². The van der Waals surface area contributed by atoms with E-state index < -0.39 is 0 Å². The maximum atomic E-state index is 6.09. The van der Waals surface area contributed by atoms with Crippen LogP contribution in [0.3, 0.4) is 0 Å². The highest BCUT2D eigenvalue weighted by Gasteiger charge is 2.11. The van der Waals surface area contributed by atoms with E-state index in [0.29, 0.717) is 27.3 Å². The summed E-state index contributed by atoms with van der Waals surface area (Å²) < 4.78 is 5.37. The highest BCUT2D eigenvalue weighted by molar-refractivity contribution is 6.31. The first kappa shape index (κ1) is 16.4. The van der Waals surface area contributed by atoms with E-state index in [4.69, 9.17) is 33.7 Å². The molecule has 1 heterocycles. The van der Waals surface area contributed by atoms with Crippen molar-refractivity contribution in [1.29, 1.82) is 0 Å². The molecular weight excluding hydrogens is 347 g/mol. The number of hydrogen-bond acceptors (Lipinski definition) is 5. The monoisotopic (exact) mass is 360 g/mol. The molecule has 0 radical (unpaired) electrons. The molecule has 0 spiro atoms. The summed E-state index contributed by atoms with van der Waals surface area (Å²) in [6.07, 6.45) is 0. The van der Waals surface area contributed by atoms with Gasteiger partial charge in [-0.1, -0.05) is 23.2 Å². The summed E-state index contributed by atoms with van der Waals surface area (Å²) in [5, 5.41) is 4.41. The zero-order valence-electron chi connectivity index (χ0n) is 12.8. The number of nitrogen functional groups attached to an aromatic ring is 1. The summed E-state index contributed by atoms with van der Waals surface area (Å²) in [4.78, 5) is 8.48. The lowest BCUT2D eigenvalue weighted by Crippen LogP contribution is -2.02. The summed E-state index contributed by atoms with van der Waals surface area (Å²) in [5.74, 6) is 1.35. The molecule has 24 heavy (non-hydrogen) atoms. The number of methoxy groups -OCH3 is 1. The van der Waals surface area contributed by atoms with E-state index in [1.165, 1.54) is 0 Å². The van der Waals surface area contributed by atoms with Gasteiger partial charge in [-0.05, 0) is 42.5 Å². The van der Waals surface area contributed by atoms with Crippen LogP contribution in [0, 0.1) is 0 Å². The quantitative estimate of drug-likeness (QED) is 0.699. The fourth-order valence-corrected chi connectivity index (χ4v) is 2.53. The number of rotatable bonds is 4. The van der Waals surface area contributed by atoms with Gasteiger partial charge in [0.2, 0.25) is 5.95 Å². The van der Waals surface area contributed by atoms with Crippen molar-refractivity contribution in [3.05, 3.63) is 58.6 Å². The molecule has 0 aliphatic heterocycles. The lowest BCUT2D eigenvalue weighted by molar-refractivity contribution is 0.416. The third-order valence-corrected chi connectivity index (χ3v) is 3.78. The Morgan fingerprint density at radius 3 is 2.38 bits per heavy atom. The number of ether oxygens (including phenoxy) is 1. The highest BCUT2D eigenvalue weighted by atomic mass is 35.5. The standard InChI is InChI=1S/C17H14Cl2N4O/c1-24-15-7-4-11(19)8-13(15)14-9-16(23-17(20)22-14)21-12-5-2-10(18)3-6-12/h2-9H,1H3,(H3,20,21,22,23). The van der Waals surface area contributed by atoms with Crippen LogP contribution in [0.2, 0.25) is 10.0 Å². The zero-order valence-corrected chi connectivity index (χ0v) is 14.3. The number of benzene rings is 2. The van der Waals surface area contributed by atoms with Crippen molar-refractivity contribution >= 4 is 40.7 Å². The van der Waals surface area contributed by atoms with Gasteiger partial charge in [0.15, 0.2) is 0 Å². The van der Waals surface area contributed by atoms with Gasteiger partial charge >= 0.3 is 0 Å². The maximum Gasteiger partial charge on any atom is 0.222 e. The van der Waals surface area contributed by atoms with Crippen LogP contribution in [0.1, 0.15) is 0 Å². The number of hydrogen-bond donors (Lipinski definition) is 2. The average Bonchev–Trinajstić information content (AvgIpc) is 2.56. The van der Waals surface area contributed by atoms with Gasteiger partial charge in [-0.15, -0.1) is 0 Å². The van der Waals surface area contributed by atoms with Gasteiger partial charge in [0.05, 0.1) is 12.8 Å². The largest absolute Gasteiger partial charge is 0.496 e. The Kier molecular flexibility index (Phi) is 4.74. The van der Waals surface area contributed by atoms with Crippen LogP contribution in [0.15, 0.2) is 48.5 Å². The van der Waals surface area contributed by atoms with Crippen molar-refractivity contribution < 1.29 is 4.74 Å². The fourth-order valence-electron chi connectivity index (χ4n) is 2.23. The van der Waals surface area contributed by atoms with Crippen molar-refractivity contribution in [2.75, 3.05) is 18.2 Å². The third-order valence-electron chi connectivity index (χ3n) is 3.30. The Balaban J connectivity index is 2.00. The van der Waals surface area contributed by atoms with Gasteiger partial charge < -0.3 is 15.8 Å². The minimum atomic E-state index is 0.144. The molecular formula is C17H14Cl2N4O. The zero-order chi connectivity index (χ0) is 17.1. The molecule has 7 heteroatoms. The Morgan fingerprint density at radius 2 is 1.67 bits per heavy atom. The van der Waals surface area contributed by atoms with E-state index in [1.54, 1.807) is 43.5 Å². The molecule has 0 bridgehead atoms. The first-order valence-corrected chi connectivity index (χ1v) is 7.82. The Hall–Kier alpha value is -2.50. The molecule has 0 amide bonds. The van der Waals surface area contributed by atoms with Crippen molar-refractivity contribution in [2.45, 2.75) is 0 Å². The number of nitrogens with two attached hydrogens (primary N) is 1. The first-order chi connectivity index (χ1) is 11.5. The van der Waals surface area contributed by atoms with E-state index in [2.05, 4.69) is 15.3 Å². The van der Waals surface area contributed by atoms with Crippen LogP contribution >= 0.6 is 23.2 Å². The summed E-state index contributed by atoms with van der Waals surface area (Å²) >= 11 is 12.0. The summed E-state index contributed by atoms with van der Waals surface area (Å²) in [5.41, 5.74) is 8.03. The van der Waals surface area contributed by atoms with E-state index in [-0.39, 0.29) is 5.95 Å². The first-order valence-electron chi connectivity index (χ1n) is 7.06. The second-order valence-corrected chi connectivity index (χ2v) is 5.85. The SMILES string of the molecule is COc1ccc(Cl)cc1-c1cc(Nc2ccc(Cl)cc2)nc(N)n1. The van der Waals surface area contributed by atoms with Crippen molar-refractivity contribution in [2.24, 2.45) is 0 Å². The van der Waals surface area contributed by atoms with Crippen LogP contribution in [-0.4, -0.2) is 17.1 Å². The molecule has 5 nitrogen and oxygen atoms in total. The molecule has 122 valence electrons. The molecule has 3 N–H and O–H groups in total. The molecule has 0 aliphatic carbocycles. The van der Waals surface area contributed by atoms with Crippen LogP contribution in [0.4, 0.5) is 17.5 Å². The van der Waals surface area contributed by atoms with Gasteiger partial charge in [-0.25, -0.2) is 4.98 Å². The number of nitrogens with one attached hydrogen (secondary N) is 1. The number of halogens is 2. The van der Waals surface area contributed by atoms with E-state index in [1.807, 2.05) is 12.1 Å². The van der Waals surface area contributed by atoms with Gasteiger partial charge in [-0.2, -0.15) is 4.98 Å². The molecule has 0 saturated heterocycles. The summed E-state index contributed by atoms with van der Waals surface area (Å²) in [6.45, 7) is 0. The average molecular weight is 361 g/mol. The van der Waals surface area contributed by atoms with E-state index in [0.717, 1.165) is 11.3 Å². The predicted octanol–water partition coefficient (Wildman–Crippen LogP) is 4.78. The summed E-state index contributed by atoms with van der Waals surface area (Å²) in [6, 6.07) is 14.3. The molecule has 1 aromatic heterocycles. The maximum absolute atomic E-state index is 6.09. The number of aromatic nitrogens is 2. The van der Waals surface area contributed by atoms with Crippen LogP contribution < -0.4 is 15.8 Å². The van der Waals surface area contributed by atoms with Crippen molar-refractivity contribution in [3.8, 4) is 17.0 Å². The van der Waals surface area contributed by atoms with Crippen LogP contribution in [0.25, 0.3) is 11.3 Å². The molecule has 2 aromatic carbocycles. The molecule has 3 rings (SSSR count). The smallest absolute Gasteiger partial charge is 0.222 e. The minimum absolute atomic E-state index is 0.144. The van der Waals surface area contributed by atoms with E-state index >= 15 is 0 Å². The molecule has 0 fully saturated rings. The number of anilines is 3.